The highest BCUT2D eigenvalue weighted by molar-refractivity contribution is 7.47. The van der Waals surface area contributed by atoms with E-state index in [1.54, 1.807) is 0 Å². The van der Waals surface area contributed by atoms with Gasteiger partial charge in [-0.15, -0.1) is 0 Å². The van der Waals surface area contributed by atoms with Crippen molar-refractivity contribution in [1.82, 2.24) is 0 Å². The topological polar surface area (TPSA) is 237 Å². The Kier molecular flexibility index (Phi) is 70.9. The van der Waals surface area contributed by atoms with Crippen molar-refractivity contribution < 1.29 is 80.2 Å². The fourth-order valence-electron chi connectivity index (χ4n) is 12.6. The van der Waals surface area contributed by atoms with Gasteiger partial charge in [-0.25, -0.2) is 9.13 Å². The van der Waals surface area contributed by atoms with E-state index < -0.39 is 97.5 Å². The first kappa shape index (κ1) is 99.1. The lowest BCUT2D eigenvalue weighted by atomic mass is 9.99. The maximum atomic E-state index is 13.1. The fraction of sp³-hybridized carbons (Fsp3) is 0.951. The standard InChI is InChI=1S/C82H160O17P2/c1-8-10-11-12-13-14-15-21-29-36-44-51-58-65-81(86)99-78(70-93-80(85)64-57-50-43-38-31-33-40-47-54-61-74(5)6)72-97-101(90,91)95-68-76(83)67-94-100(88,89)96-71-77(98-82(87)66-59-52-45-37-30-25-18-16-17-22-26-32-39-46-53-60-73(3)4)69-92-79(84)63-56-49-42-35-28-24-20-19-23-27-34-41-48-55-62-75(7)9-2/h73-78,83H,8-72H2,1-7H3,(H,88,89)(H,90,91)/t75?,76-,77-,78-/m1/s1. The van der Waals surface area contributed by atoms with Crippen LogP contribution in [0.2, 0.25) is 0 Å². The van der Waals surface area contributed by atoms with Gasteiger partial charge in [0.15, 0.2) is 12.2 Å². The molecule has 0 radical (unpaired) electrons. The number of carbonyl (C=O) groups is 4. The predicted molar refractivity (Wildman–Crippen MR) is 414 cm³/mol. The van der Waals surface area contributed by atoms with Gasteiger partial charge >= 0.3 is 39.5 Å². The summed E-state index contributed by atoms with van der Waals surface area (Å²) >= 11 is 0. The molecule has 0 aliphatic heterocycles. The van der Waals surface area contributed by atoms with Crippen LogP contribution in [0, 0.1) is 17.8 Å². The fourth-order valence-corrected chi connectivity index (χ4v) is 14.2. The highest BCUT2D eigenvalue weighted by Gasteiger charge is 2.30. The zero-order valence-corrected chi connectivity index (χ0v) is 68.2. The van der Waals surface area contributed by atoms with E-state index in [-0.39, 0.29) is 25.7 Å². The Balaban J connectivity index is 5.26. The molecule has 0 bridgehead atoms. The molecule has 0 amide bonds. The molecule has 101 heavy (non-hydrogen) atoms. The maximum absolute atomic E-state index is 13.1. The zero-order valence-electron chi connectivity index (χ0n) is 66.4. The summed E-state index contributed by atoms with van der Waals surface area (Å²) < 4.78 is 68.8. The number of phosphoric acid groups is 2. The van der Waals surface area contributed by atoms with E-state index in [0.717, 1.165) is 108 Å². The molecule has 0 saturated carbocycles. The van der Waals surface area contributed by atoms with Crippen LogP contribution >= 0.6 is 15.6 Å². The second-order valence-electron chi connectivity index (χ2n) is 30.7. The molecule has 600 valence electrons. The molecule has 0 aliphatic rings. The SMILES string of the molecule is CCCCCCCCCCCCCCCC(=O)O[C@H](COC(=O)CCCCCCCCCCCC(C)C)COP(=O)(O)OC[C@H](O)COP(=O)(O)OC[C@@H](COC(=O)CCCCCCCCCCCCCCCCC(C)CC)OC(=O)CCCCCCCCCCCCCCCCCC(C)C. The van der Waals surface area contributed by atoms with Crippen molar-refractivity contribution in [2.45, 2.75) is 446 Å². The molecule has 0 rings (SSSR count). The molecule has 0 fully saturated rings. The number of rotatable bonds is 80. The Morgan fingerprint density at radius 3 is 0.752 bits per heavy atom. The van der Waals surface area contributed by atoms with Crippen molar-refractivity contribution in [3.63, 3.8) is 0 Å². The molecule has 0 heterocycles. The molecular formula is C82H160O17P2. The number of hydrogen-bond acceptors (Lipinski definition) is 15. The molecule has 6 atom stereocenters. The Morgan fingerprint density at radius 2 is 0.505 bits per heavy atom. The number of phosphoric ester groups is 2. The molecule has 3 N–H and O–H groups in total. The lowest BCUT2D eigenvalue weighted by molar-refractivity contribution is -0.161. The molecule has 3 unspecified atom stereocenters. The molecule has 19 heteroatoms. The number of hydrogen-bond donors (Lipinski definition) is 3. The van der Waals surface area contributed by atoms with Crippen LogP contribution in [0.5, 0.6) is 0 Å². The average Bonchev–Trinajstić information content (AvgIpc) is 0.935. The second kappa shape index (κ2) is 72.3. The first-order valence-electron chi connectivity index (χ1n) is 42.4. The van der Waals surface area contributed by atoms with E-state index in [1.807, 2.05) is 0 Å². The van der Waals surface area contributed by atoms with Gasteiger partial charge in [0.05, 0.1) is 26.4 Å². The highest BCUT2D eigenvalue weighted by Crippen LogP contribution is 2.45. The summed E-state index contributed by atoms with van der Waals surface area (Å²) in [4.78, 5) is 73.1. The van der Waals surface area contributed by atoms with E-state index in [4.69, 9.17) is 37.0 Å². The van der Waals surface area contributed by atoms with Crippen LogP contribution in [0.4, 0.5) is 0 Å². The quantitative estimate of drug-likeness (QED) is 0.0222. The number of unbranched alkanes of at least 4 members (excludes halogenated alkanes) is 47. The monoisotopic (exact) mass is 1480 g/mol. The Morgan fingerprint density at radius 1 is 0.287 bits per heavy atom. The van der Waals surface area contributed by atoms with Gasteiger partial charge in [-0.1, -0.05) is 376 Å². The van der Waals surface area contributed by atoms with Gasteiger partial charge in [0.25, 0.3) is 0 Å². The van der Waals surface area contributed by atoms with Crippen molar-refractivity contribution in [3.8, 4) is 0 Å². The number of ether oxygens (including phenoxy) is 4. The van der Waals surface area contributed by atoms with Crippen molar-refractivity contribution >= 4 is 39.5 Å². The summed E-state index contributed by atoms with van der Waals surface area (Å²) in [6, 6.07) is 0. The summed E-state index contributed by atoms with van der Waals surface area (Å²) in [5, 5.41) is 10.7. The van der Waals surface area contributed by atoms with E-state index >= 15 is 0 Å². The number of esters is 4. The summed E-state index contributed by atoms with van der Waals surface area (Å²) in [6.07, 6.45) is 60.9. The Labute approximate surface area is 619 Å². The second-order valence-corrected chi connectivity index (χ2v) is 33.6. The van der Waals surface area contributed by atoms with Gasteiger partial charge < -0.3 is 33.8 Å². The van der Waals surface area contributed by atoms with Crippen molar-refractivity contribution in [2.24, 2.45) is 17.8 Å². The minimum Gasteiger partial charge on any atom is -0.462 e. The molecule has 0 aliphatic carbocycles. The van der Waals surface area contributed by atoms with Crippen molar-refractivity contribution in [2.75, 3.05) is 39.6 Å². The summed E-state index contributed by atoms with van der Waals surface area (Å²) in [7, 11) is -9.92. The molecule has 0 aromatic rings. The molecule has 0 aromatic heterocycles. The largest absolute Gasteiger partial charge is 0.472 e. The van der Waals surface area contributed by atoms with Crippen molar-refractivity contribution in [3.05, 3.63) is 0 Å². The third kappa shape index (κ3) is 74.7. The van der Waals surface area contributed by atoms with E-state index in [0.29, 0.717) is 25.7 Å². The van der Waals surface area contributed by atoms with Crippen LogP contribution in [-0.2, 0) is 65.4 Å². The molecule has 0 saturated heterocycles. The number of aliphatic hydroxyl groups is 1. The van der Waals surface area contributed by atoms with Crippen LogP contribution in [-0.4, -0.2) is 96.7 Å². The van der Waals surface area contributed by atoms with E-state index in [9.17, 15) is 43.2 Å². The first-order valence-corrected chi connectivity index (χ1v) is 45.4. The average molecular weight is 1480 g/mol. The number of aliphatic hydroxyl groups excluding tert-OH is 1. The van der Waals surface area contributed by atoms with Crippen LogP contribution in [0.3, 0.4) is 0 Å². The van der Waals surface area contributed by atoms with Crippen LogP contribution in [0.1, 0.15) is 427 Å². The summed E-state index contributed by atoms with van der Waals surface area (Å²) in [6.45, 7) is 12.0. The smallest absolute Gasteiger partial charge is 0.462 e. The molecule has 17 nitrogen and oxygen atoms in total. The van der Waals surface area contributed by atoms with Gasteiger partial charge in [0.2, 0.25) is 0 Å². The lowest BCUT2D eigenvalue weighted by Gasteiger charge is -2.21. The lowest BCUT2D eigenvalue weighted by Crippen LogP contribution is -2.30. The zero-order chi connectivity index (χ0) is 74.4. The van der Waals surface area contributed by atoms with E-state index in [1.165, 1.54) is 238 Å². The maximum Gasteiger partial charge on any atom is 0.472 e. The predicted octanol–water partition coefficient (Wildman–Crippen LogP) is 24.5. The minimum atomic E-state index is -4.96. The summed E-state index contributed by atoms with van der Waals surface area (Å²) in [5.41, 5.74) is 0. The van der Waals surface area contributed by atoms with Gasteiger partial charge in [-0.3, -0.25) is 37.3 Å². The van der Waals surface area contributed by atoms with E-state index in [2.05, 4.69) is 48.5 Å². The molecule has 0 spiro atoms. The number of carbonyl (C=O) groups excluding carboxylic acids is 4. The van der Waals surface area contributed by atoms with Crippen molar-refractivity contribution in [1.29, 1.82) is 0 Å². The molecule has 0 aromatic carbocycles. The normalized spacial score (nSPS) is 14.2. The minimum absolute atomic E-state index is 0.107. The van der Waals surface area contributed by atoms with Gasteiger partial charge in [-0.2, -0.15) is 0 Å². The van der Waals surface area contributed by atoms with Crippen LogP contribution < -0.4 is 0 Å². The third-order valence-corrected chi connectivity index (χ3v) is 21.4. The van der Waals surface area contributed by atoms with Crippen LogP contribution in [0.25, 0.3) is 0 Å². The van der Waals surface area contributed by atoms with Gasteiger partial charge in [-0.05, 0) is 43.4 Å². The Hall–Kier alpha value is -1.94. The summed E-state index contributed by atoms with van der Waals surface area (Å²) in [5.74, 6) is 0.289. The van der Waals surface area contributed by atoms with Gasteiger partial charge in [0.1, 0.15) is 19.3 Å². The third-order valence-electron chi connectivity index (χ3n) is 19.5. The highest BCUT2D eigenvalue weighted by atomic mass is 31.2. The Bertz CT molecular complexity index is 1960. The van der Waals surface area contributed by atoms with Gasteiger partial charge in [0, 0.05) is 25.7 Å². The first-order chi connectivity index (χ1) is 48.8. The van der Waals surface area contributed by atoms with Crippen LogP contribution in [0.15, 0.2) is 0 Å². The molecular weight excluding hydrogens is 1320 g/mol.